The minimum absolute atomic E-state index is 0.0528. The molecule has 10 nitrogen and oxygen atoms in total. The van der Waals surface area contributed by atoms with Crippen LogP contribution < -0.4 is 21.7 Å². The predicted molar refractivity (Wildman–Crippen MR) is 91.9 cm³/mol. The van der Waals surface area contributed by atoms with Gasteiger partial charge in [-0.3, -0.25) is 9.59 Å². The van der Waals surface area contributed by atoms with Gasteiger partial charge < -0.3 is 31.7 Å². The molecule has 0 aliphatic heterocycles. The fourth-order valence-electron chi connectivity index (χ4n) is 1.94. The molecule has 5 amide bonds. The van der Waals surface area contributed by atoms with E-state index >= 15 is 0 Å². The van der Waals surface area contributed by atoms with Gasteiger partial charge >= 0.3 is 12.1 Å². The molecular weight excluding hydrogens is 330 g/mol. The summed E-state index contributed by atoms with van der Waals surface area (Å²) < 4.78 is 0. The average Bonchev–Trinajstić information content (AvgIpc) is 2.53. The van der Waals surface area contributed by atoms with Crippen molar-refractivity contribution in [1.29, 1.82) is 0 Å². The highest BCUT2D eigenvalue weighted by Crippen LogP contribution is 1.97. The van der Waals surface area contributed by atoms with Crippen molar-refractivity contribution in [2.24, 2.45) is 5.73 Å². The van der Waals surface area contributed by atoms with Crippen LogP contribution in [0.25, 0.3) is 0 Å². The summed E-state index contributed by atoms with van der Waals surface area (Å²) in [7, 11) is 1.36. The second-order valence-corrected chi connectivity index (χ2v) is 5.68. The maximum Gasteiger partial charge on any atom is 0.407 e. The summed E-state index contributed by atoms with van der Waals surface area (Å²) in [6, 6.07) is -1.66. The highest BCUT2D eigenvalue weighted by molar-refractivity contribution is 5.91. The fourth-order valence-corrected chi connectivity index (χ4v) is 1.94. The van der Waals surface area contributed by atoms with E-state index in [1.165, 1.54) is 7.05 Å². The lowest BCUT2D eigenvalue weighted by Gasteiger charge is -2.19. The SMILES string of the molecule is CCCCCCNC(=O)NC(CC(N)=O)C(=O)NCCN(C)C(=O)O. The van der Waals surface area contributed by atoms with Crippen molar-refractivity contribution in [1.82, 2.24) is 20.9 Å². The number of carbonyl (C=O) groups excluding carboxylic acids is 3. The maximum atomic E-state index is 12.1. The molecule has 0 saturated heterocycles. The Hall–Kier alpha value is -2.52. The van der Waals surface area contributed by atoms with Crippen LogP contribution in [-0.4, -0.2) is 66.7 Å². The minimum Gasteiger partial charge on any atom is -0.465 e. The molecule has 0 heterocycles. The van der Waals surface area contributed by atoms with Gasteiger partial charge in [0.2, 0.25) is 11.8 Å². The molecule has 0 aromatic heterocycles. The van der Waals surface area contributed by atoms with Crippen LogP contribution in [0.2, 0.25) is 0 Å². The smallest absolute Gasteiger partial charge is 0.407 e. The third-order valence-corrected chi connectivity index (χ3v) is 3.42. The van der Waals surface area contributed by atoms with E-state index in [1.54, 1.807) is 0 Å². The fraction of sp³-hybridized carbons (Fsp3) is 0.733. The summed E-state index contributed by atoms with van der Waals surface area (Å²) in [6.07, 6.45) is 2.53. The van der Waals surface area contributed by atoms with E-state index in [2.05, 4.69) is 22.9 Å². The number of nitrogens with two attached hydrogens (primary N) is 1. The average molecular weight is 359 g/mol. The largest absolute Gasteiger partial charge is 0.465 e. The Labute approximate surface area is 147 Å². The number of carbonyl (C=O) groups is 4. The first-order valence-electron chi connectivity index (χ1n) is 8.32. The van der Waals surface area contributed by atoms with E-state index in [-0.39, 0.29) is 19.5 Å². The lowest BCUT2D eigenvalue weighted by Crippen LogP contribution is -2.52. The lowest BCUT2D eigenvalue weighted by molar-refractivity contribution is -0.126. The number of urea groups is 1. The highest BCUT2D eigenvalue weighted by Gasteiger charge is 2.22. The molecule has 1 unspecified atom stereocenters. The first-order chi connectivity index (χ1) is 11.8. The summed E-state index contributed by atoms with van der Waals surface area (Å²) in [5, 5.41) is 16.2. The van der Waals surface area contributed by atoms with Gasteiger partial charge in [-0.1, -0.05) is 26.2 Å². The van der Waals surface area contributed by atoms with Gasteiger partial charge in [0.15, 0.2) is 0 Å². The molecule has 25 heavy (non-hydrogen) atoms. The molecule has 0 aliphatic carbocycles. The molecule has 10 heteroatoms. The van der Waals surface area contributed by atoms with E-state index in [9.17, 15) is 19.2 Å². The van der Waals surface area contributed by atoms with E-state index in [4.69, 9.17) is 10.8 Å². The van der Waals surface area contributed by atoms with E-state index in [1.807, 2.05) is 0 Å². The van der Waals surface area contributed by atoms with Gasteiger partial charge in [0.1, 0.15) is 6.04 Å². The van der Waals surface area contributed by atoms with Gasteiger partial charge in [-0.2, -0.15) is 0 Å². The standard InChI is InChI=1S/C15H29N5O5/c1-3-4-5-6-7-18-14(23)19-11(10-12(16)21)13(22)17-8-9-20(2)15(24)25/h11H,3-10H2,1-2H3,(H2,16,21)(H,17,22)(H,24,25)(H2,18,19,23). The first kappa shape index (κ1) is 22.5. The summed E-state index contributed by atoms with van der Waals surface area (Å²) in [5.74, 6) is -1.33. The Morgan fingerprint density at radius 3 is 2.32 bits per heavy atom. The summed E-state index contributed by atoms with van der Waals surface area (Å²) >= 11 is 0. The van der Waals surface area contributed by atoms with Crippen LogP contribution in [0.5, 0.6) is 0 Å². The Morgan fingerprint density at radius 2 is 1.76 bits per heavy atom. The first-order valence-corrected chi connectivity index (χ1v) is 8.32. The van der Waals surface area contributed by atoms with Crippen molar-refractivity contribution < 1.29 is 24.3 Å². The minimum atomic E-state index is -1.12. The van der Waals surface area contributed by atoms with Crippen molar-refractivity contribution in [3.63, 3.8) is 0 Å². The Balaban J connectivity index is 4.33. The van der Waals surface area contributed by atoms with Gasteiger partial charge in [-0.25, -0.2) is 9.59 Å². The van der Waals surface area contributed by atoms with Crippen molar-refractivity contribution in [3.05, 3.63) is 0 Å². The summed E-state index contributed by atoms with van der Waals surface area (Å²) in [5.41, 5.74) is 5.10. The van der Waals surface area contributed by atoms with Crippen LogP contribution in [0.1, 0.15) is 39.0 Å². The number of hydrogen-bond donors (Lipinski definition) is 5. The number of hydrogen-bond acceptors (Lipinski definition) is 4. The zero-order valence-electron chi connectivity index (χ0n) is 14.8. The van der Waals surface area contributed by atoms with Gasteiger partial charge in [-0.15, -0.1) is 0 Å². The molecule has 0 aromatic carbocycles. The molecule has 0 radical (unpaired) electrons. The van der Waals surface area contributed by atoms with Crippen molar-refractivity contribution >= 4 is 23.9 Å². The van der Waals surface area contributed by atoms with Crippen LogP contribution in [-0.2, 0) is 9.59 Å². The number of primary amides is 1. The quantitative estimate of drug-likeness (QED) is 0.306. The van der Waals surface area contributed by atoms with E-state index < -0.39 is 30.0 Å². The molecular formula is C15H29N5O5. The number of nitrogens with zero attached hydrogens (tertiary/aromatic N) is 1. The second kappa shape index (κ2) is 12.8. The van der Waals surface area contributed by atoms with Crippen LogP contribution in [0.15, 0.2) is 0 Å². The third-order valence-electron chi connectivity index (χ3n) is 3.42. The van der Waals surface area contributed by atoms with Crippen LogP contribution in [0, 0.1) is 0 Å². The molecule has 0 aromatic rings. The number of nitrogens with one attached hydrogen (secondary N) is 3. The zero-order valence-corrected chi connectivity index (χ0v) is 14.8. The zero-order chi connectivity index (χ0) is 19.2. The maximum absolute atomic E-state index is 12.1. The van der Waals surface area contributed by atoms with Gasteiger partial charge in [0.05, 0.1) is 6.42 Å². The van der Waals surface area contributed by atoms with Crippen molar-refractivity contribution in [3.8, 4) is 0 Å². The molecule has 0 aliphatic rings. The number of likely N-dealkylation sites (N-methyl/N-ethyl adjacent to an activating group) is 1. The number of amides is 5. The molecule has 0 spiro atoms. The third kappa shape index (κ3) is 11.6. The molecule has 0 bridgehead atoms. The topological polar surface area (TPSA) is 154 Å². The van der Waals surface area contributed by atoms with Crippen LogP contribution >= 0.6 is 0 Å². The van der Waals surface area contributed by atoms with Crippen LogP contribution in [0.4, 0.5) is 9.59 Å². The Bertz CT molecular complexity index is 458. The predicted octanol–water partition coefficient (Wildman–Crippen LogP) is -0.164. The van der Waals surface area contributed by atoms with E-state index in [0.717, 1.165) is 30.6 Å². The highest BCUT2D eigenvalue weighted by atomic mass is 16.4. The number of rotatable bonds is 12. The van der Waals surface area contributed by atoms with Gasteiger partial charge in [0.25, 0.3) is 0 Å². The van der Waals surface area contributed by atoms with Gasteiger partial charge in [-0.05, 0) is 6.42 Å². The second-order valence-electron chi connectivity index (χ2n) is 5.68. The molecule has 6 N–H and O–H groups in total. The molecule has 1 atom stereocenters. The van der Waals surface area contributed by atoms with E-state index in [0.29, 0.717) is 6.54 Å². The molecule has 0 saturated carbocycles. The molecule has 0 rings (SSSR count). The lowest BCUT2D eigenvalue weighted by atomic mass is 10.2. The van der Waals surface area contributed by atoms with Crippen molar-refractivity contribution in [2.75, 3.05) is 26.7 Å². The normalized spacial score (nSPS) is 11.3. The Kier molecular flexibility index (Phi) is 11.6. The number of carboxylic acid groups (broad SMARTS) is 1. The molecule has 144 valence electrons. The van der Waals surface area contributed by atoms with Crippen molar-refractivity contribution in [2.45, 2.75) is 45.1 Å². The summed E-state index contributed by atoms with van der Waals surface area (Å²) in [6.45, 7) is 2.69. The molecule has 0 fully saturated rings. The Morgan fingerprint density at radius 1 is 1.08 bits per heavy atom. The summed E-state index contributed by atoms with van der Waals surface area (Å²) in [4.78, 5) is 46.6. The van der Waals surface area contributed by atoms with Gasteiger partial charge in [0, 0.05) is 26.7 Å². The monoisotopic (exact) mass is 359 g/mol. The number of unbranched alkanes of at least 4 members (excludes halogenated alkanes) is 3. The van der Waals surface area contributed by atoms with Crippen LogP contribution in [0.3, 0.4) is 0 Å².